The normalized spacial score (nSPS) is 46.2. The lowest BCUT2D eigenvalue weighted by Crippen LogP contribution is -2.48. The van der Waals surface area contributed by atoms with Crippen LogP contribution in [-0.2, 0) is 4.79 Å². The molecule has 4 rings (SSSR count). The Bertz CT molecular complexity index is 666. The summed E-state index contributed by atoms with van der Waals surface area (Å²) in [4.78, 5) is 12.5. The molecule has 0 amide bonds. The lowest BCUT2D eigenvalue weighted by Gasteiger charge is -2.54. The van der Waals surface area contributed by atoms with E-state index in [0.717, 1.165) is 44.9 Å². The number of fused-ring (bicyclic) bond motifs is 4. The Labute approximate surface area is 150 Å². The van der Waals surface area contributed by atoms with Crippen molar-refractivity contribution in [3.8, 4) is 0 Å². The van der Waals surface area contributed by atoms with Crippen LogP contribution in [0.3, 0.4) is 0 Å². The molecule has 0 spiro atoms. The summed E-state index contributed by atoms with van der Waals surface area (Å²) in [5.74, 6) is 0.606. The molecule has 0 aromatic carbocycles. The molecule has 4 heteroatoms. The average molecular weight is 345 g/mol. The highest BCUT2D eigenvalue weighted by Crippen LogP contribution is 2.63. The van der Waals surface area contributed by atoms with Gasteiger partial charge in [0, 0.05) is 17.0 Å². The van der Waals surface area contributed by atoms with Gasteiger partial charge in [-0.1, -0.05) is 25.0 Å². The maximum absolute atomic E-state index is 12.5. The molecule has 0 bridgehead atoms. The number of aliphatic hydroxyl groups excluding tert-OH is 2. The molecule has 0 aliphatic heterocycles. The third kappa shape index (κ3) is 2.27. The standard InChI is InChI=1S/C21H31NO3/c1-20-8-7-16-14(15(20)5-6-19(20)22)4-3-12-9-13(24)10-17(18(25)11-23)21(12,16)2/h10,12-13,15,19,23-24H,3-9,11,22H2,1-2H3/t12?,13?,15-,19?,20-,21-/m0/s1. The summed E-state index contributed by atoms with van der Waals surface area (Å²) < 4.78 is 0. The molecule has 0 heterocycles. The zero-order chi connectivity index (χ0) is 18.0. The third-order valence-electron chi connectivity index (χ3n) is 8.23. The van der Waals surface area contributed by atoms with E-state index in [2.05, 4.69) is 13.8 Å². The molecule has 0 radical (unpaired) electrons. The summed E-state index contributed by atoms with van der Waals surface area (Å²) in [6.07, 6.45) is 8.30. The van der Waals surface area contributed by atoms with Crippen molar-refractivity contribution in [3.05, 3.63) is 22.8 Å². The van der Waals surface area contributed by atoms with E-state index in [-0.39, 0.29) is 28.6 Å². The number of hydrogen-bond acceptors (Lipinski definition) is 4. The fraction of sp³-hybridized carbons (Fsp3) is 0.762. The van der Waals surface area contributed by atoms with Gasteiger partial charge >= 0.3 is 0 Å². The number of ketones is 1. The van der Waals surface area contributed by atoms with Gasteiger partial charge in [-0.3, -0.25) is 4.79 Å². The molecule has 0 aromatic rings. The maximum atomic E-state index is 12.5. The highest BCUT2D eigenvalue weighted by molar-refractivity contribution is 5.98. The minimum absolute atomic E-state index is 0.196. The van der Waals surface area contributed by atoms with Crippen LogP contribution in [0.15, 0.2) is 22.8 Å². The van der Waals surface area contributed by atoms with Gasteiger partial charge in [0.2, 0.25) is 0 Å². The van der Waals surface area contributed by atoms with Crippen molar-refractivity contribution >= 4 is 5.78 Å². The number of hydrogen-bond donors (Lipinski definition) is 3. The first-order valence-electron chi connectivity index (χ1n) is 9.84. The van der Waals surface area contributed by atoms with E-state index in [1.807, 2.05) is 0 Å². The number of rotatable bonds is 2. The minimum atomic E-state index is -0.570. The smallest absolute Gasteiger partial charge is 0.184 e. The van der Waals surface area contributed by atoms with E-state index < -0.39 is 12.7 Å². The first-order chi connectivity index (χ1) is 11.8. The molecule has 138 valence electrons. The highest BCUT2D eigenvalue weighted by Gasteiger charge is 2.56. The lowest BCUT2D eigenvalue weighted by molar-refractivity contribution is -0.120. The van der Waals surface area contributed by atoms with Crippen LogP contribution in [0.2, 0.25) is 0 Å². The molecule has 6 atom stereocenters. The van der Waals surface area contributed by atoms with Crippen molar-refractivity contribution in [1.29, 1.82) is 0 Å². The van der Waals surface area contributed by atoms with Gasteiger partial charge in [-0.25, -0.2) is 0 Å². The molecule has 3 unspecified atom stereocenters. The van der Waals surface area contributed by atoms with Gasteiger partial charge in [0.15, 0.2) is 5.78 Å². The third-order valence-corrected chi connectivity index (χ3v) is 8.23. The predicted octanol–water partition coefficient (Wildman–Crippen LogP) is 2.49. The molecule has 1 saturated carbocycles. The number of nitrogens with two attached hydrogens (primary N) is 1. The zero-order valence-electron chi connectivity index (χ0n) is 15.4. The topological polar surface area (TPSA) is 83.5 Å². The first-order valence-corrected chi connectivity index (χ1v) is 9.84. The van der Waals surface area contributed by atoms with Gasteiger partial charge in [0.1, 0.15) is 6.61 Å². The van der Waals surface area contributed by atoms with Crippen LogP contribution in [0.1, 0.15) is 58.8 Å². The Morgan fingerprint density at radius 1 is 1.28 bits per heavy atom. The number of carbonyl (C=O) groups excluding carboxylic acids is 1. The Morgan fingerprint density at radius 3 is 2.76 bits per heavy atom. The van der Waals surface area contributed by atoms with Gasteiger partial charge in [-0.15, -0.1) is 0 Å². The second kappa shape index (κ2) is 5.77. The van der Waals surface area contributed by atoms with Crippen molar-refractivity contribution < 1.29 is 15.0 Å². The number of allylic oxidation sites excluding steroid dienone is 2. The van der Waals surface area contributed by atoms with Gasteiger partial charge in [0.25, 0.3) is 0 Å². The summed E-state index contributed by atoms with van der Waals surface area (Å²) >= 11 is 0. The van der Waals surface area contributed by atoms with Crippen molar-refractivity contribution in [2.75, 3.05) is 6.61 Å². The van der Waals surface area contributed by atoms with E-state index in [1.54, 1.807) is 11.6 Å². The van der Waals surface area contributed by atoms with E-state index in [1.165, 1.54) is 5.57 Å². The van der Waals surface area contributed by atoms with Gasteiger partial charge in [-0.05, 0) is 68.3 Å². The van der Waals surface area contributed by atoms with Crippen LogP contribution in [0.4, 0.5) is 0 Å². The Hall–Kier alpha value is -0.970. The van der Waals surface area contributed by atoms with Crippen molar-refractivity contribution in [1.82, 2.24) is 0 Å². The highest BCUT2D eigenvalue weighted by atomic mass is 16.3. The molecular weight excluding hydrogens is 314 g/mol. The Kier molecular flexibility index (Phi) is 4.02. The van der Waals surface area contributed by atoms with E-state index in [0.29, 0.717) is 11.5 Å². The largest absolute Gasteiger partial charge is 0.389 e. The van der Waals surface area contributed by atoms with Crippen LogP contribution >= 0.6 is 0 Å². The monoisotopic (exact) mass is 345 g/mol. The van der Waals surface area contributed by atoms with Crippen molar-refractivity contribution in [2.24, 2.45) is 28.4 Å². The summed E-state index contributed by atoms with van der Waals surface area (Å²) in [5.41, 5.74) is 9.98. The van der Waals surface area contributed by atoms with Crippen LogP contribution in [0, 0.1) is 22.7 Å². The van der Waals surface area contributed by atoms with Gasteiger partial charge in [-0.2, -0.15) is 0 Å². The summed E-state index contributed by atoms with van der Waals surface area (Å²) in [6.45, 7) is 4.07. The molecule has 0 aromatic heterocycles. The second-order valence-corrected chi connectivity index (χ2v) is 9.15. The number of Topliss-reactive ketones (excluding diaryl/α,β-unsaturated/α-hetero) is 1. The second-order valence-electron chi connectivity index (χ2n) is 9.15. The molecule has 25 heavy (non-hydrogen) atoms. The minimum Gasteiger partial charge on any atom is -0.389 e. The molecule has 0 saturated heterocycles. The molecule has 4 aliphatic carbocycles. The van der Waals surface area contributed by atoms with E-state index in [4.69, 9.17) is 5.73 Å². The first kappa shape index (κ1) is 17.4. The fourth-order valence-electron chi connectivity index (χ4n) is 6.67. The molecule has 4 N–H and O–H groups in total. The number of carbonyl (C=O) groups is 1. The molecule has 1 fully saturated rings. The Morgan fingerprint density at radius 2 is 2.04 bits per heavy atom. The van der Waals surface area contributed by atoms with Crippen LogP contribution in [-0.4, -0.2) is 34.7 Å². The predicted molar refractivity (Wildman–Crippen MR) is 96.7 cm³/mol. The Balaban J connectivity index is 1.84. The summed E-state index contributed by atoms with van der Waals surface area (Å²) in [6, 6.07) is 0.277. The number of aliphatic hydroxyl groups is 2. The van der Waals surface area contributed by atoms with Crippen LogP contribution in [0.25, 0.3) is 0 Å². The van der Waals surface area contributed by atoms with Crippen molar-refractivity contribution in [3.63, 3.8) is 0 Å². The quantitative estimate of drug-likeness (QED) is 0.672. The van der Waals surface area contributed by atoms with Crippen molar-refractivity contribution in [2.45, 2.75) is 70.9 Å². The fourth-order valence-corrected chi connectivity index (χ4v) is 6.67. The summed E-state index contributed by atoms with van der Waals surface area (Å²) in [5, 5.41) is 19.8. The zero-order valence-corrected chi connectivity index (χ0v) is 15.4. The molecule has 4 aliphatic rings. The SMILES string of the molecule is C[C@]12C(C(=O)CO)=CC(O)CC1CCC1=C2CC[C@]2(C)C(N)CC[C@@H]12. The average Bonchev–Trinajstić information content (AvgIpc) is 2.89. The van der Waals surface area contributed by atoms with E-state index >= 15 is 0 Å². The van der Waals surface area contributed by atoms with Crippen LogP contribution < -0.4 is 5.73 Å². The van der Waals surface area contributed by atoms with E-state index in [9.17, 15) is 15.0 Å². The van der Waals surface area contributed by atoms with Gasteiger partial charge in [0.05, 0.1) is 6.10 Å². The molecular formula is C21H31NO3. The van der Waals surface area contributed by atoms with Crippen LogP contribution in [0.5, 0.6) is 0 Å². The van der Waals surface area contributed by atoms with Gasteiger partial charge < -0.3 is 15.9 Å². The summed E-state index contributed by atoms with van der Waals surface area (Å²) in [7, 11) is 0. The maximum Gasteiger partial charge on any atom is 0.184 e. The molecule has 4 nitrogen and oxygen atoms in total. The lowest BCUT2D eigenvalue weighted by atomic mass is 9.50.